The number of carbonyl (C=O) groups excluding carboxylic acids is 1. The van der Waals surface area contributed by atoms with Crippen LogP contribution < -0.4 is 4.74 Å². The topological polar surface area (TPSA) is 69.4 Å². The molecule has 1 heterocycles. The Morgan fingerprint density at radius 3 is 2.79 bits per heavy atom. The molecule has 0 bridgehead atoms. The lowest BCUT2D eigenvalue weighted by Gasteiger charge is -2.05. The fraction of sp³-hybridized carbons (Fsp3) is 0.154. The van der Waals surface area contributed by atoms with Crippen LogP contribution in [0.25, 0.3) is 0 Å². The van der Waals surface area contributed by atoms with Gasteiger partial charge in [0.2, 0.25) is 0 Å². The largest absolute Gasteiger partial charge is 0.497 e. The Bertz CT molecular complexity index is 607. The summed E-state index contributed by atoms with van der Waals surface area (Å²) in [5.74, 6) is 0.367. The average molecular weight is 277 g/mol. The minimum Gasteiger partial charge on any atom is -0.497 e. The normalized spacial score (nSPS) is 10.2. The Morgan fingerprint density at radius 1 is 1.42 bits per heavy atom. The van der Waals surface area contributed by atoms with Crippen molar-refractivity contribution in [3.05, 3.63) is 56.3 Å². The quantitative estimate of drug-likeness (QED) is 0.478. The Kier molecular flexibility index (Phi) is 3.91. The fourth-order valence-electron chi connectivity index (χ4n) is 1.71. The molecule has 0 saturated heterocycles. The van der Waals surface area contributed by atoms with Crippen molar-refractivity contribution < 1.29 is 14.5 Å². The Balaban J connectivity index is 2.32. The molecule has 0 N–H and O–H groups in total. The predicted molar refractivity (Wildman–Crippen MR) is 72.0 cm³/mol. The zero-order valence-electron chi connectivity index (χ0n) is 10.2. The second kappa shape index (κ2) is 5.62. The van der Waals surface area contributed by atoms with Gasteiger partial charge in [0.25, 0.3) is 5.69 Å². The van der Waals surface area contributed by atoms with Crippen LogP contribution in [0.2, 0.25) is 0 Å². The summed E-state index contributed by atoms with van der Waals surface area (Å²) in [6.45, 7) is 0. The maximum Gasteiger partial charge on any atom is 0.273 e. The number of hydrogen-bond acceptors (Lipinski definition) is 5. The fourth-order valence-corrected chi connectivity index (χ4v) is 2.37. The minimum absolute atomic E-state index is 0.00593. The van der Waals surface area contributed by atoms with E-state index in [0.29, 0.717) is 16.2 Å². The second-order valence-electron chi connectivity index (χ2n) is 3.83. The molecule has 2 rings (SSSR count). The Hall–Kier alpha value is -2.21. The van der Waals surface area contributed by atoms with Crippen LogP contribution in [0.1, 0.15) is 15.2 Å². The van der Waals surface area contributed by atoms with Crippen LogP contribution in [-0.2, 0) is 6.42 Å². The molecule has 19 heavy (non-hydrogen) atoms. The number of Topliss-reactive ketones (excluding diaryl/α,β-unsaturated/α-hetero) is 1. The summed E-state index contributed by atoms with van der Waals surface area (Å²) in [5, 5.41) is 12.7. The van der Waals surface area contributed by atoms with E-state index in [2.05, 4.69) is 0 Å². The average Bonchev–Trinajstić information content (AvgIpc) is 2.92. The molecule has 0 amide bonds. The van der Waals surface area contributed by atoms with Crippen LogP contribution >= 0.6 is 11.3 Å². The van der Waals surface area contributed by atoms with Gasteiger partial charge >= 0.3 is 0 Å². The van der Waals surface area contributed by atoms with Crippen molar-refractivity contribution in [3.8, 4) is 5.75 Å². The van der Waals surface area contributed by atoms with Crippen LogP contribution in [0.4, 0.5) is 5.69 Å². The second-order valence-corrected chi connectivity index (χ2v) is 4.78. The van der Waals surface area contributed by atoms with Crippen LogP contribution in [0.15, 0.2) is 35.7 Å². The number of benzene rings is 1. The highest BCUT2D eigenvalue weighted by Crippen LogP contribution is 2.25. The van der Waals surface area contributed by atoms with Crippen molar-refractivity contribution in [1.29, 1.82) is 0 Å². The summed E-state index contributed by atoms with van der Waals surface area (Å²) in [4.78, 5) is 23.0. The Labute approximate surface area is 113 Å². The van der Waals surface area contributed by atoms with Gasteiger partial charge in [0, 0.05) is 18.1 Å². The van der Waals surface area contributed by atoms with Gasteiger partial charge in [-0.05, 0) is 23.6 Å². The van der Waals surface area contributed by atoms with E-state index in [-0.39, 0.29) is 17.9 Å². The van der Waals surface area contributed by atoms with E-state index in [0.717, 1.165) is 0 Å². The van der Waals surface area contributed by atoms with Crippen molar-refractivity contribution in [2.75, 3.05) is 7.11 Å². The van der Waals surface area contributed by atoms with Crippen molar-refractivity contribution >= 4 is 22.8 Å². The molecular weight excluding hydrogens is 266 g/mol. The van der Waals surface area contributed by atoms with E-state index in [4.69, 9.17) is 4.74 Å². The van der Waals surface area contributed by atoms with Crippen LogP contribution in [0, 0.1) is 10.1 Å². The summed E-state index contributed by atoms with van der Waals surface area (Å²) in [6, 6.07) is 7.88. The van der Waals surface area contributed by atoms with Gasteiger partial charge in [0.05, 0.1) is 16.9 Å². The van der Waals surface area contributed by atoms with Crippen molar-refractivity contribution in [2.45, 2.75) is 6.42 Å². The predicted octanol–water partition coefficient (Wildman–Crippen LogP) is 3.09. The monoisotopic (exact) mass is 277 g/mol. The lowest BCUT2D eigenvalue weighted by Crippen LogP contribution is -2.04. The molecule has 98 valence electrons. The summed E-state index contributed by atoms with van der Waals surface area (Å²) >= 11 is 1.32. The zero-order valence-corrected chi connectivity index (χ0v) is 11.0. The first-order valence-corrected chi connectivity index (χ1v) is 6.38. The van der Waals surface area contributed by atoms with E-state index in [1.165, 1.54) is 36.6 Å². The van der Waals surface area contributed by atoms with Gasteiger partial charge < -0.3 is 4.74 Å². The highest BCUT2D eigenvalue weighted by atomic mass is 32.1. The SMILES string of the molecule is COc1ccc([N+](=O)[O-])c(CC(=O)c2cccs2)c1. The number of methoxy groups -OCH3 is 1. The molecule has 0 atom stereocenters. The van der Waals surface area contributed by atoms with Gasteiger partial charge in [-0.1, -0.05) is 6.07 Å². The number of nitrogens with zero attached hydrogens (tertiary/aromatic N) is 1. The number of nitro groups is 1. The van der Waals surface area contributed by atoms with E-state index >= 15 is 0 Å². The maximum atomic E-state index is 12.0. The maximum absolute atomic E-state index is 12.0. The van der Waals surface area contributed by atoms with Crippen LogP contribution in [-0.4, -0.2) is 17.8 Å². The Morgan fingerprint density at radius 2 is 2.21 bits per heavy atom. The standard InChI is InChI=1S/C13H11NO4S/c1-18-10-4-5-11(14(16)17)9(7-10)8-12(15)13-3-2-6-19-13/h2-7H,8H2,1H3. The summed E-state index contributed by atoms with van der Waals surface area (Å²) in [7, 11) is 1.48. The molecule has 1 aromatic carbocycles. The number of hydrogen-bond donors (Lipinski definition) is 0. The molecule has 0 radical (unpaired) electrons. The lowest BCUT2D eigenvalue weighted by molar-refractivity contribution is -0.385. The summed E-state index contributed by atoms with van der Waals surface area (Å²) < 4.78 is 5.03. The molecule has 0 saturated carbocycles. The zero-order chi connectivity index (χ0) is 13.8. The van der Waals surface area contributed by atoms with Crippen molar-refractivity contribution in [2.24, 2.45) is 0 Å². The number of rotatable bonds is 5. The first-order chi connectivity index (χ1) is 9.11. The van der Waals surface area contributed by atoms with E-state index in [9.17, 15) is 14.9 Å². The van der Waals surface area contributed by atoms with Gasteiger partial charge in [0.15, 0.2) is 5.78 Å². The smallest absolute Gasteiger partial charge is 0.273 e. The van der Waals surface area contributed by atoms with Gasteiger partial charge in [-0.15, -0.1) is 11.3 Å². The van der Waals surface area contributed by atoms with E-state index < -0.39 is 4.92 Å². The molecular formula is C13H11NO4S. The number of nitro benzene ring substituents is 1. The third kappa shape index (κ3) is 2.97. The summed E-state index contributed by atoms with van der Waals surface area (Å²) in [5.41, 5.74) is 0.299. The highest BCUT2D eigenvalue weighted by molar-refractivity contribution is 7.12. The molecule has 0 unspecified atom stereocenters. The molecule has 0 aliphatic rings. The first kappa shape index (κ1) is 13.2. The van der Waals surface area contributed by atoms with Crippen LogP contribution in [0.5, 0.6) is 5.75 Å². The third-order valence-corrected chi connectivity index (χ3v) is 3.54. The lowest BCUT2D eigenvalue weighted by atomic mass is 10.1. The minimum atomic E-state index is -0.490. The molecule has 0 fully saturated rings. The number of thiophene rings is 1. The molecule has 0 spiro atoms. The van der Waals surface area contributed by atoms with Gasteiger partial charge in [-0.25, -0.2) is 0 Å². The molecule has 0 aliphatic carbocycles. The molecule has 5 nitrogen and oxygen atoms in total. The van der Waals surface area contributed by atoms with Crippen molar-refractivity contribution in [3.63, 3.8) is 0 Å². The van der Waals surface area contributed by atoms with E-state index in [1.54, 1.807) is 17.5 Å². The molecule has 6 heteroatoms. The first-order valence-electron chi connectivity index (χ1n) is 5.50. The number of ether oxygens (including phenoxy) is 1. The van der Waals surface area contributed by atoms with Crippen molar-refractivity contribution in [1.82, 2.24) is 0 Å². The molecule has 2 aromatic rings. The van der Waals surface area contributed by atoms with Gasteiger partial charge in [-0.2, -0.15) is 0 Å². The highest BCUT2D eigenvalue weighted by Gasteiger charge is 2.18. The van der Waals surface area contributed by atoms with Crippen LogP contribution in [0.3, 0.4) is 0 Å². The van der Waals surface area contributed by atoms with Gasteiger partial charge in [0.1, 0.15) is 5.75 Å². The third-order valence-electron chi connectivity index (χ3n) is 2.63. The number of ketones is 1. The molecule has 1 aromatic heterocycles. The van der Waals surface area contributed by atoms with E-state index in [1.807, 2.05) is 0 Å². The van der Waals surface area contributed by atoms with Gasteiger partial charge in [-0.3, -0.25) is 14.9 Å². The number of carbonyl (C=O) groups is 1. The summed E-state index contributed by atoms with van der Waals surface area (Å²) in [6.07, 6.45) is -0.00593. The molecule has 0 aliphatic heterocycles.